The van der Waals surface area contributed by atoms with Gasteiger partial charge in [0, 0.05) is 31.4 Å². The van der Waals surface area contributed by atoms with Gasteiger partial charge < -0.3 is 25.0 Å². The Labute approximate surface area is 196 Å². The molecule has 0 atom stereocenters. The minimum Gasteiger partial charge on any atom is -0.508 e. The topological polar surface area (TPSA) is 136 Å². The molecule has 1 saturated heterocycles. The van der Waals surface area contributed by atoms with Crippen LogP contribution in [0.2, 0.25) is 0 Å². The van der Waals surface area contributed by atoms with Gasteiger partial charge in [-0.1, -0.05) is 6.92 Å². The maximum atomic E-state index is 12.8. The number of hydrogen-bond donors (Lipinski definition) is 3. The molecular weight excluding hydrogens is 440 g/mol. The Morgan fingerprint density at radius 1 is 1.21 bits per heavy atom. The van der Waals surface area contributed by atoms with Gasteiger partial charge in [0.2, 0.25) is 0 Å². The summed E-state index contributed by atoms with van der Waals surface area (Å²) in [5.41, 5.74) is 2.91. The lowest BCUT2D eigenvalue weighted by Gasteiger charge is -2.26. The van der Waals surface area contributed by atoms with E-state index < -0.39 is 11.9 Å². The van der Waals surface area contributed by atoms with Crippen LogP contribution in [0.4, 0.5) is 5.69 Å². The molecule has 1 aromatic carbocycles. The number of aromatic nitrogens is 3. The van der Waals surface area contributed by atoms with Crippen molar-refractivity contribution in [3.8, 4) is 5.75 Å². The molecule has 4 rings (SSSR count). The lowest BCUT2D eigenvalue weighted by atomic mass is 10.0. The molecule has 3 aromatic rings. The Bertz CT molecular complexity index is 1220. The number of phenolic OH excluding ortho intramolecular Hbond substituents is 1. The number of nitrogens with one attached hydrogen (secondary N) is 1. The number of hydrogen-bond acceptors (Lipinski definition) is 8. The Kier molecular flexibility index (Phi) is 6.97. The zero-order chi connectivity index (χ0) is 24.2. The summed E-state index contributed by atoms with van der Waals surface area (Å²) < 4.78 is 12.9. The van der Waals surface area contributed by atoms with Gasteiger partial charge >= 0.3 is 11.9 Å². The second-order valence-electron chi connectivity index (χ2n) is 8.14. The third kappa shape index (κ3) is 4.81. The van der Waals surface area contributed by atoms with E-state index in [1.165, 1.54) is 12.1 Å². The van der Waals surface area contributed by atoms with Crippen LogP contribution >= 0.6 is 0 Å². The predicted molar refractivity (Wildman–Crippen MR) is 124 cm³/mol. The minimum absolute atomic E-state index is 0.0396. The fourth-order valence-corrected chi connectivity index (χ4v) is 4.14. The van der Waals surface area contributed by atoms with Crippen molar-refractivity contribution >= 4 is 28.7 Å². The average Bonchev–Trinajstić information content (AvgIpc) is 3.26. The summed E-state index contributed by atoms with van der Waals surface area (Å²) in [5.74, 6) is -2.30. The summed E-state index contributed by atoms with van der Waals surface area (Å²) in [7, 11) is 0. The minimum atomic E-state index is -1.25. The number of aromatic carboxylic acids is 1. The summed E-state index contributed by atoms with van der Waals surface area (Å²) in [6.07, 6.45) is 4.10. The van der Waals surface area contributed by atoms with Crippen LogP contribution in [0.5, 0.6) is 5.75 Å². The van der Waals surface area contributed by atoms with E-state index in [9.17, 15) is 19.8 Å². The van der Waals surface area contributed by atoms with Gasteiger partial charge in [0.15, 0.2) is 5.65 Å². The van der Waals surface area contributed by atoms with Gasteiger partial charge in [0.05, 0.1) is 34.1 Å². The van der Waals surface area contributed by atoms with Crippen LogP contribution in [-0.2, 0) is 29.0 Å². The zero-order valence-corrected chi connectivity index (χ0v) is 19.2. The fourth-order valence-electron chi connectivity index (χ4n) is 4.14. The van der Waals surface area contributed by atoms with Crippen molar-refractivity contribution in [3.63, 3.8) is 0 Å². The fraction of sp³-hybridized carbons (Fsp3) is 0.417. The van der Waals surface area contributed by atoms with Crippen molar-refractivity contribution in [1.82, 2.24) is 14.8 Å². The number of anilines is 1. The molecule has 2 aromatic heterocycles. The highest BCUT2D eigenvalue weighted by atomic mass is 16.5. The van der Waals surface area contributed by atoms with Crippen molar-refractivity contribution in [2.45, 2.75) is 52.3 Å². The highest BCUT2D eigenvalue weighted by Crippen LogP contribution is 2.32. The van der Waals surface area contributed by atoms with Crippen molar-refractivity contribution < 1.29 is 29.3 Å². The number of nitrogens with zero attached hydrogens (tertiary/aromatic N) is 3. The second kappa shape index (κ2) is 10.1. The number of aryl methyl sites for hydroxylation is 2. The number of carboxylic acids is 1. The lowest BCUT2D eigenvalue weighted by Crippen LogP contribution is -2.28. The first kappa shape index (κ1) is 23.5. The highest BCUT2D eigenvalue weighted by molar-refractivity contribution is 5.96. The number of esters is 1. The molecular formula is C24H28N4O6. The van der Waals surface area contributed by atoms with Gasteiger partial charge in [-0.15, -0.1) is 0 Å². The number of phenols is 1. The normalized spacial score (nSPS) is 14.3. The van der Waals surface area contributed by atoms with Gasteiger partial charge in [-0.05, 0) is 44.4 Å². The summed E-state index contributed by atoms with van der Waals surface area (Å²) >= 11 is 0. The lowest BCUT2D eigenvalue weighted by molar-refractivity contribution is 0.0472. The first-order valence-electron chi connectivity index (χ1n) is 11.4. The summed E-state index contributed by atoms with van der Waals surface area (Å²) in [6.45, 7) is 5.95. The van der Waals surface area contributed by atoms with Gasteiger partial charge in [-0.3, -0.25) is 0 Å². The molecule has 0 saturated carbocycles. The van der Waals surface area contributed by atoms with E-state index >= 15 is 0 Å². The van der Waals surface area contributed by atoms with E-state index in [0.29, 0.717) is 26.2 Å². The van der Waals surface area contributed by atoms with Gasteiger partial charge in [-0.25, -0.2) is 19.3 Å². The van der Waals surface area contributed by atoms with E-state index in [-0.39, 0.29) is 29.5 Å². The molecule has 0 radical (unpaired) electrons. The van der Waals surface area contributed by atoms with Gasteiger partial charge in [-0.2, -0.15) is 5.10 Å². The Morgan fingerprint density at radius 3 is 2.62 bits per heavy atom. The van der Waals surface area contributed by atoms with Crippen molar-refractivity contribution in [2.75, 3.05) is 18.5 Å². The first-order valence-corrected chi connectivity index (χ1v) is 11.4. The number of ether oxygens (including phenoxy) is 2. The third-order valence-electron chi connectivity index (χ3n) is 5.92. The van der Waals surface area contributed by atoms with Gasteiger partial charge in [0.25, 0.3) is 0 Å². The number of carbonyl (C=O) groups excluding carboxylic acids is 1. The van der Waals surface area contributed by atoms with E-state index in [1.54, 1.807) is 6.20 Å². The maximum absolute atomic E-state index is 12.8. The number of rotatable bonds is 8. The maximum Gasteiger partial charge on any atom is 0.338 e. The molecule has 34 heavy (non-hydrogen) atoms. The standard InChI is InChI=1S/C24H28N4O6/c1-3-20-19(13-34-24(32)15-9-14(23(30)31)10-17(29)11-15)21(26-16-5-7-33-8-6-16)18-12-25-28(4-2)22(18)27-20/h9-12,16,29H,3-8,13H2,1-2H3,(H,26,27)(H,30,31). The molecule has 0 aliphatic carbocycles. The third-order valence-corrected chi connectivity index (χ3v) is 5.92. The van der Waals surface area contributed by atoms with E-state index in [0.717, 1.165) is 46.9 Å². The van der Waals surface area contributed by atoms with Crippen LogP contribution in [0.15, 0.2) is 24.4 Å². The van der Waals surface area contributed by atoms with Crippen LogP contribution in [0.3, 0.4) is 0 Å². The van der Waals surface area contributed by atoms with Crippen molar-refractivity contribution in [3.05, 3.63) is 46.8 Å². The first-order chi connectivity index (χ1) is 16.4. The SMILES string of the molecule is CCc1nc2c(cnn2CC)c(NC2CCOCC2)c1COC(=O)c1cc(O)cc(C(=O)O)c1. The van der Waals surface area contributed by atoms with E-state index in [1.807, 2.05) is 18.5 Å². The molecule has 1 fully saturated rings. The van der Waals surface area contributed by atoms with Crippen molar-refractivity contribution in [1.29, 1.82) is 0 Å². The Hall–Kier alpha value is -3.66. The molecule has 0 amide bonds. The van der Waals surface area contributed by atoms with E-state index in [4.69, 9.17) is 14.5 Å². The molecule has 0 bridgehead atoms. The number of carbonyl (C=O) groups is 2. The average molecular weight is 469 g/mol. The molecule has 0 spiro atoms. The monoisotopic (exact) mass is 468 g/mol. The molecule has 0 unspecified atom stereocenters. The van der Waals surface area contributed by atoms with Crippen LogP contribution in [0.25, 0.3) is 11.0 Å². The summed E-state index contributed by atoms with van der Waals surface area (Å²) in [4.78, 5) is 28.8. The van der Waals surface area contributed by atoms with Crippen LogP contribution in [0, 0.1) is 0 Å². The molecule has 1 aliphatic heterocycles. The van der Waals surface area contributed by atoms with Crippen LogP contribution < -0.4 is 5.32 Å². The highest BCUT2D eigenvalue weighted by Gasteiger charge is 2.23. The quantitative estimate of drug-likeness (QED) is 0.425. The van der Waals surface area contributed by atoms with Crippen LogP contribution in [-0.4, -0.2) is 56.2 Å². The molecule has 10 nitrogen and oxygen atoms in total. The molecule has 3 heterocycles. The molecule has 10 heteroatoms. The predicted octanol–water partition coefficient (Wildman–Crippen LogP) is 3.37. The molecule has 180 valence electrons. The van der Waals surface area contributed by atoms with E-state index in [2.05, 4.69) is 10.4 Å². The number of pyridine rings is 1. The number of carboxylic acid groups (broad SMARTS) is 1. The summed E-state index contributed by atoms with van der Waals surface area (Å²) in [6, 6.07) is 3.64. The molecule has 1 aliphatic rings. The Balaban J connectivity index is 1.68. The second-order valence-corrected chi connectivity index (χ2v) is 8.14. The number of fused-ring (bicyclic) bond motifs is 1. The summed E-state index contributed by atoms with van der Waals surface area (Å²) in [5, 5.41) is 28.0. The van der Waals surface area contributed by atoms with Crippen molar-refractivity contribution in [2.24, 2.45) is 0 Å². The van der Waals surface area contributed by atoms with Gasteiger partial charge in [0.1, 0.15) is 12.4 Å². The number of aromatic hydroxyl groups is 1. The molecule has 3 N–H and O–H groups in total. The van der Waals surface area contributed by atoms with Crippen LogP contribution in [0.1, 0.15) is 58.7 Å². The Morgan fingerprint density at radius 2 is 1.94 bits per heavy atom. The zero-order valence-electron chi connectivity index (χ0n) is 19.2. The largest absolute Gasteiger partial charge is 0.508 e. The smallest absolute Gasteiger partial charge is 0.338 e. The number of benzene rings is 1.